The number of amides is 2. The standard InChI is InChI=1S/C23H20N4O3/c28-22(18-9-11-24-12-10-18)26-19-8-4-5-16(13-19)15-25-23(29)20-14-21(30-27-20)17-6-2-1-3-7-17/h1-13,21H,14-15H2,(H,25,29)(H,26,28). The molecule has 30 heavy (non-hydrogen) atoms. The number of carbonyl (C=O) groups is 2. The molecule has 0 bridgehead atoms. The average Bonchev–Trinajstić information content (AvgIpc) is 3.29. The SMILES string of the molecule is O=C(NCc1cccc(NC(=O)c2ccncc2)c1)C1=NOC(c2ccccc2)C1. The van der Waals surface area contributed by atoms with E-state index in [0.29, 0.717) is 29.9 Å². The van der Waals surface area contributed by atoms with Crippen molar-refractivity contribution in [3.05, 3.63) is 95.8 Å². The van der Waals surface area contributed by atoms with Crippen LogP contribution in [0.15, 0.2) is 84.3 Å². The fourth-order valence-electron chi connectivity index (χ4n) is 3.11. The lowest BCUT2D eigenvalue weighted by atomic mass is 10.0. The maximum atomic E-state index is 12.4. The predicted molar refractivity (Wildman–Crippen MR) is 113 cm³/mol. The molecule has 1 aliphatic heterocycles. The van der Waals surface area contributed by atoms with Crippen LogP contribution in [0, 0.1) is 0 Å². The van der Waals surface area contributed by atoms with Gasteiger partial charge in [0.1, 0.15) is 5.71 Å². The van der Waals surface area contributed by atoms with Crippen molar-refractivity contribution < 1.29 is 14.4 Å². The van der Waals surface area contributed by atoms with E-state index in [1.165, 1.54) is 0 Å². The summed E-state index contributed by atoms with van der Waals surface area (Å²) in [6.45, 7) is 0.312. The average molecular weight is 400 g/mol. The molecule has 3 aromatic rings. The van der Waals surface area contributed by atoms with Crippen LogP contribution in [-0.4, -0.2) is 22.5 Å². The van der Waals surface area contributed by atoms with Crippen LogP contribution in [0.5, 0.6) is 0 Å². The number of oxime groups is 1. The van der Waals surface area contributed by atoms with Gasteiger partial charge in [-0.15, -0.1) is 0 Å². The third-order valence-corrected chi connectivity index (χ3v) is 4.68. The maximum Gasteiger partial charge on any atom is 0.269 e. The summed E-state index contributed by atoms with van der Waals surface area (Å²) in [5.41, 5.74) is 3.38. The normalized spacial score (nSPS) is 15.1. The first kappa shape index (κ1) is 19.3. The fourth-order valence-corrected chi connectivity index (χ4v) is 3.11. The van der Waals surface area contributed by atoms with Crippen LogP contribution in [-0.2, 0) is 16.2 Å². The van der Waals surface area contributed by atoms with Crippen molar-refractivity contribution in [1.82, 2.24) is 10.3 Å². The first-order valence-corrected chi connectivity index (χ1v) is 9.55. The topological polar surface area (TPSA) is 92.7 Å². The summed E-state index contributed by atoms with van der Waals surface area (Å²) in [7, 11) is 0. The van der Waals surface area contributed by atoms with Crippen molar-refractivity contribution in [1.29, 1.82) is 0 Å². The number of nitrogens with zero attached hydrogens (tertiary/aromatic N) is 2. The Kier molecular flexibility index (Phi) is 5.80. The summed E-state index contributed by atoms with van der Waals surface area (Å²) < 4.78 is 0. The highest BCUT2D eigenvalue weighted by molar-refractivity contribution is 6.39. The van der Waals surface area contributed by atoms with Crippen molar-refractivity contribution >= 4 is 23.2 Å². The maximum absolute atomic E-state index is 12.4. The molecule has 0 saturated heterocycles. The highest BCUT2D eigenvalue weighted by Gasteiger charge is 2.27. The molecule has 7 nitrogen and oxygen atoms in total. The summed E-state index contributed by atoms with van der Waals surface area (Å²) in [4.78, 5) is 34.0. The number of pyridine rings is 1. The van der Waals surface area contributed by atoms with Gasteiger partial charge < -0.3 is 15.5 Å². The van der Waals surface area contributed by atoms with E-state index in [1.807, 2.05) is 48.5 Å². The van der Waals surface area contributed by atoms with Crippen LogP contribution in [0.2, 0.25) is 0 Å². The van der Waals surface area contributed by atoms with Gasteiger partial charge in [-0.2, -0.15) is 0 Å². The minimum Gasteiger partial charge on any atom is -0.387 e. The second kappa shape index (κ2) is 9.00. The molecule has 0 aliphatic carbocycles. The largest absolute Gasteiger partial charge is 0.387 e. The van der Waals surface area contributed by atoms with E-state index in [9.17, 15) is 9.59 Å². The molecule has 1 aromatic heterocycles. The van der Waals surface area contributed by atoms with Crippen molar-refractivity contribution in [3.63, 3.8) is 0 Å². The molecule has 7 heteroatoms. The lowest BCUT2D eigenvalue weighted by molar-refractivity contribution is -0.115. The monoisotopic (exact) mass is 400 g/mol. The van der Waals surface area contributed by atoms with Crippen molar-refractivity contribution in [3.8, 4) is 0 Å². The van der Waals surface area contributed by atoms with Crippen molar-refractivity contribution in [2.45, 2.75) is 19.1 Å². The van der Waals surface area contributed by atoms with E-state index in [2.05, 4.69) is 20.8 Å². The molecule has 0 radical (unpaired) electrons. The van der Waals surface area contributed by atoms with E-state index in [-0.39, 0.29) is 17.9 Å². The smallest absolute Gasteiger partial charge is 0.269 e. The second-order valence-electron chi connectivity index (χ2n) is 6.82. The lowest BCUT2D eigenvalue weighted by Crippen LogP contribution is -2.29. The minimum atomic E-state index is -0.264. The molecule has 4 rings (SSSR count). The molecule has 1 unspecified atom stereocenters. The molecule has 2 amide bonds. The number of aromatic nitrogens is 1. The molecule has 2 N–H and O–H groups in total. The third kappa shape index (κ3) is 4.70. The predicted octanol–water partition coefficient (Wildman–Crippen LogP) is 3.47. The molecule has 150 valence electrons. The van der Waals surface area contributed by atoms with Crippen LogP contribution >= 0.6 is 0 Å². The highest BCUT2D eigenvalue weighted by Crippen LogP contribution is 2.26. The van der Waals surface area contributed by atoms with E-state index < -0.39 is 0 Å². The molecule has 1 aliphatic rings. The van der Waals surface area contributed by atoms with E-state index in [0.717, 1.165) is 11.1 Å². The van der Waals surface area contributed by atoms with Crippen LogP contribution in [0.3, 0.4) is 0 Å². The Labute approximate surface area is 173 Å². The quantitative estimate of drug-likeness (QED) is 0.663. The number of rotatable bonds is 6. The van der Waals surface area contributed by atoms with Crippen LogP contribution in [0.1, 0.15) is 34.0 Å². The number of hydrogen-bond acceptors (Lipinski definition) is 5. The van der Waals surface area contributed by atoms with E-state index >= 15 is 0 Å². The van der Waals surface area contributed by atoms with Gasteiger partial charge in [-0.05, 0) is 35.4 Å². The van der Waals surface area contributed by atoms with Crippen molar-refractivity contribution in [2.24, 2.45) is 5.16 Å². The van der Waals surface area contributed by atoms with Gasteiger partial charge in [-0.25, -0.2) is 0 Å². The first-order valence-electron chi connectivity index (χ1n) is 9.55. The number of benzene rings is 2. The molecule has 2 aromatic carbocycles. The Balaban J connectivity index is 1.31. The van der Waals surface area contributed by atoms with Gasteiger partial charge >= 0.3 is 0 Å². The number of anilines is 1. The zero-order chi connectivity index (χ0) is 20.8. The molecular weight excluding hydrogens is 380 g/mol. The molecule has 0 saturated carbocycles. The Morgan fingerprint density at radius 3 is 2.57 bits per heavy atom. The summed E-state index contributed by atoms with van der Waals surface area (Å²) >= 11 is 0. The summed E-state index contributed by atoms with van der Waals surface area (Å²) in [5.74, 6) is -0.484. The van der Waals surface area contributed by atoms with Gasteiger partial charge in [-0.1, -0.05) is 47.6 Å². The minimum absolute atomic E-state index is 0.219. The summed E-state index contributed by atoms with van der Waals surface area (Å²) in [6.07, 6.45) is 3.33. The number of carbonyl (C=O) groups excluding carboxylic acids is 2. The van der Waals surface area contributed by atoms with Gasteiger partial charge in [0, 0.05) is 36.6 Å². The summed E-state index contributed by atoms with van der Waals surface area (Å²) in [5, 5.41) is 9.64. The Morgan fingerprint density at radius 1 is 0.967 bits per heavy atom. The van der Waals surface area contributed by atoms with Gasteiger partial charge in [0.2, 0.25) is 0 Å². The second-order valence-corrected chi connectivity index (χ2v) is 6.82. The molecule has 2 heterocycles. The molecule has 0 fully saturated rings. The number of nitrogens with one attached hydrogen (secondary N) is 2. The molecule has 1 atom stereocenters. The first-order chi connectivity index (χ1) is 14.7. The molecule has 0 spiro atoms. The Bertz CT molecular complexity index is 1070. The van der Waals surface area contributed by atoms with Crippen LogP contribution < -0.4 is 10.6 Å². The van der Waals surface area contributed by atoms with Gasteiger partial charge in [0.05, 0.1) is 0 Å². The van der Waals surface area contributed by atoms with E-state index in [4.69, 9.17) is 4.84 Å². The Morgan fingerprint density at radius 2 is 1.77 bits per heavy atom. The van der Waals surface area contributed by atoms with Gasteiger partial charge in [0.15, 0.2) is 6.10 Å². The number of hydrogen-bond donors (Lipinski definition) is 2. The Hall–Kier alpha value is -4.00. The van der Waals surface area contributed by atoms with Gasteiger partial charge in [0.25, 0.3) is 11.8 Å². The van der Waals surface area contributed by atoms with Crippen molar-refractivity contribution in [2.75, 3.05) is 5.32 Å². The fraction of sp³-hybridized carbons (Fsp3) is 0.130. The van der Waals surface area contributed by atoms with Crippen LogP contribution in [0.25, 0.3) is 0 Å². The summed E-state index contributed by atoms with van der Waals surface area (Å²) in [6, 6.07) is 20.3. The highest BCUT2D eigenvalue weighted by atomic mass is 16.6. The molecular formula is C23H20N4O3. The zero-order valence-corrected chi connectivity index (χ0v) is 16.1. The van der Waals surface area contributed by atoms with E-state index in [1.54, 1.807) is 30.6 Å². The zero-order valence-electron chi connectivity index (χ0n) is 16.1. The third-order valence-electron chi connectivity index (χ3n) is 4.68. The van der Waals surface area contributed by atoms with Crippen LogP contribution in [0.4, 0.5) is 5.69 Å². The van der Waals surface area contributed by atoms with Gasteiger partial charge in [-0.3, -0.25) is 14.6 Å². The lowest BCUT2D eigenvalue weighted by Gasteiger charge is -2.09.